The Bertz CT molecular complexity index is 976. The fraction of sp³-hybridized carbons (Fsp3) is 0.350. The molecule has 2 aromatic rings. The largest absolute Gasteiger partial charge is 0.495 e. The highest BCUT2D eigenvalue weighted by Crippen LogP contribution is 2.28. The number of nitrogens with one attached hydrogen (secondary N) is 2. The highest BCUT2D eigenvalue weighted by Gasteiger charge is 2.26. The number of amides is 1. The summed E-state index contributed by atoms with van der Waals surface area (Å²) >= 11 is 3.31. The Morgan fingerprint density at radius 1 is 1.21 bits per heavy atom. The first-order valence-corrected chi connectivity index (χ1v) is 11.5. The standard InChI is InChI=1S/C20H24BrN3O4S/c1-24(17-8-9-17)12-11-22-20(25)14-3-10-18(28-2)19(13-14)29(26,27)23-16-6-4-15(21)5-7-16/h3-7,10,13,17,23H,8-9,11-12H2,1-2H3,(H,22,25). The van der Waals surface area contributed by atoms with Gasteiger partial charge in [-0.3, -0.25) is 9.52 Å². The second-order valence-electron chi connectivity index (χ2n) is 6.95. The molecule has 0 aromatic heterocycles. The summed E-state index contributed by atoms with van der Waals surface area (Å²) in [6.45, 7) is 1.25. The van der Waals surface area contributed by atoms with Crippen molar-refractivity contribution in [3.05, 3.63) is 52.5 Å². The third-order valence-electron chi connectivity index (χ3n) is 4.73. The quantitative estimate of drug-likeness (QED) is 0.574. The summed E-state index contributed by atoms with van der Waals surface area (Å²) in [6, 6.07) is 11.7. The molecule has 0 unspecified atom stereocenters. The van der Waals surface area contributed by atoms with E-state index in [2.05, 4.69) is 30.9 Å². The van der Waals surface area contributed by atoms with E-state index in [-0.39, 0.29) is 22.1 Å². The van der Waals surface area contributed by atoms with Crippen LogP contribution in [0.25, 0.3) is 0 Å². The number of halogens is 1. The van der Waals surface area contributed by atoms with Crippen LogP contribution < -0.4 is 14.8 Å². The van der Waals surface area contributed by atoms with Gasteiger partial charge in [0.15, 0.2) is 0 Å². The third kappa shape index (κ3) is 5.71. The molecule has 0 heterocycles. The minimum atomic E-state index is -3.94. The Kier molecular flexibility index (Phi) is 6.81. The van der Waals surface area contributed by atoms with Crippen LogP contribution in [0.4, 0.5) is 5.69 Å². The first kappa shape index (κ1) is 21.6. The molecule has 9 heteroatoms. The van der Waals surface area contributed by atoms with Crippen molar-refractivity contribution in [3.63, 3.8) is 0 Å². The number of likely N-dealkylation sites (N-methyl/N-ethyl adjacent to an activating group) is 1. The summed E-state index contributed by atoms with van der Waals surface area (Å²) in [6.07, 6.45) is 2.41. The van der Waals surface area contributed by atoms with Crippen molar-refractivity contribution in [2.75, 3.05) is 32.0 Å². The van der Waals surface area contributed by atoms with Gasteiger partial charge in [0.2, 0.25) is 0 Å². The van der Waals surface area contributed by atoms with Crippen molar-refractivity contribution in [1.29, 1.82) is 0 Å². The predicted octanol–water partition coefficient (Wildman–Crippen LogP) is 3.08. The molecule has 3 rings (SSSR count). The lowest BCUT2D eigenvalue weighted by Gasteiger charge is -2.16. The lowest BCUT2D eigenvalue weighted by Crippen LogP contribution is -2.34. The topological polar surface area (TPSA) is 87.7 Å². The van der Waals surface area contributed by atoms with Gasteiger partial charge in [0, 0.05) is 34.9 Å². The molecule has 0 radical (unpaired) electrons. The number of rotatable bonds is 9. The van der Waals surface area contributed by atoms with Gasteiger partial charge in [0.05, 0.1) is 7.11 Å². The van der Waals surface area contributed by atoms with Crippen LogP contribution in [-0.4, -0.2) is 52.5 Å². The van der Waals surface area contributed by atoms with Gasteiger partial charge in [0.1, 0.15) is 10.6 Å². The predicted molar refractivity (Wildman–Crippen MR) is 116 cm³/mol. The lowest BCUT2D eigenvalue weighted by molar-refractivity contribution is 0.0949. The molecule has 1 aliphatic carbocycles. The lowest BCUT2D eigenvalue weighted by atomic mass is 10.2. The van der Waals surface area contributed by atoms with Crippen LogP contribution in [0.15, 0.2) is 51.8 Å². The molecule has 29 heavy (non-hydrogen) atoms. The number of carbonyl (C=O) groups excluding carboxylic acids is 1. The van der Waals surface area contributed by atoms with Crippen molar-refractivity contribution >= 4 is 37.5 Å². The molecular formula is C20H24BrN3O4S. The molecule has 1 saturated carbocycles. The SMILES string of the molecule is COc1ccc(C(=O)NCCN(C)C2CC2)cc1S(=O)(=O)Nc1ccc(Br)cc1. The molecule has 2 aromatic carbocycles. The summed E-state index contributed by atoms with van der Waals surface area (Å²) < 4.78 is 34.3. The summed E-state index contributed by atoms with van der Waals surface area (Å²) in [5.74, 6) is -0.156. The van der Waals surface area contributed by atoms with Crippen LogP contribution in [-0.2, 0) is 10.0 Å². The molecule has 0 spiro atoms. The van der Waals surface area contributed by atoms with Gasteiger partial charge < -0.3 is 15.0 Å². The second kappa shape index (κ2) is 9.15. The first-order valence-electron chi connectivity index (χ1n) is 9.25. The minimum absolute atomic E-state index is 0.0920. The number of sulfonamides is 1. The number of methoxy groups -OCH3 is 1. The van der Waals surface area contributed by atoms with Gasteiger partial charge >= 0.3 is 0 Å². The molecular weight excluding hydrogens is 458 g/mol. The number of carbonyl (C=O) groups is 1. The van der Waals surface area contributed by atoms with Crippen LogP contribution in [0.2, 0.25) is 0 Å². The normalized spacial score (nSPS) is 13.9. The van der Waals surface area contributed by atoms with Crippen molar-refractivity contribution in [2.24, 2.45) is 0 Å². The molecule has 1 amide bonds. The fourth-order valence-corrected chi connectivity index (χ4v) is 4.42. The van der Waals surface area contributed by atoms with E-state index >= 15 is 0 Å². The maximum Gasteiger partial charge on any atom is 0.265 e. The number of benzene rings is 2. The summed E-state index contributed by atoms with van der Waals surface area (Å²) in [5.41, 5.74) is 0.671. The Morgan fingerprint density at radius 2 is 1.90 bits per heavy atom. The van der Waals surface area contributed by atoms with Crippen LogP contribution in [0.3, 0.4) is 0 Å². The number of ether oxygens (including phenoxy) is 1. The van der Waals surface area contributed by atoms with Gasteiger partial charge in [-0.15, -0.1) is 0 Å². The second-order valence-corrected chi connectivity index (χ2v) is 9.51. The zero-order chi connectivity index (χ0) is 21.0. The third-order valence-corrected chi connectivity index (χ3v) is 6.66. The van der Waals surface area contributed by atoms with Crippen LogP contribution in [0.1, 0.15) is 23.2 Å². The van der Waals surface area contributed by atoms with Gasteiger partial charge in [-0.2, -0.15) is 0 Å². The number of anilines is 1. The molecule has 2 N–H and O–H groups in total. The number of hydrogen-bond donors (Lipinski definition) is 2. The average Bonchev–Trinajstić information content (AvgIpc) is 3.54. The first-order chi connectivity index (χ1) is 13.8. The van der Waals surface area contributed by atoms with E-state index in [4.69, 9.17) is 4.74 Å². The fourth-order valence-electron chi connectivity index (χ4n) is 2.90. The molecule has 0 saturated heterocycles. The highest BCUT2D eigenvalue weighted by molar-refractivity contribution is 9.10. The zero-order valence-corrected chi connectivity index (χ0v) is 18.7. The molecule has 0 aliphatic heterocycles. The molecule has 1 aliphatic rings. The maximum atomic E-state index is 12.9. The van der Waals surface area contributed by atoms with Crippen molar-refractivity contribution < 1.29 is 17.9 Å². The van der Waals surface area contributed by atoms with E-state index in [1.165, 1.54) is 32.1 Å². The van der Waals surface area contributed by atoms with E-state index in [0.717, 1.165) is 11.0 Å². The van der Waals surface area contributed by atoms with Crippen molar-refractivity contribution in [2.45, 2.75) is 23.8 Å². The number of nitrogens with zero attached hydrogens (tertiary/aromatic N) is 1. The van der Waals surface area contributed by atoms with E-state index < -0.39 is 10.0 Å². The van der Waals surface area contributed by atoms with Gasteiger partial charge in [-0.25, -0.2) is 8.42 Å². The minimum Gasteiger partial charge on any atom is -0.495 e. The Morgan fingerprint density at radius 3 is 2.52 bits per heavy atom. The van der Waals surface area contributed by atoms with Gasteiger partial charge in [-0.1, -0.05) is 15.9 Å². The monoisotopic (exact) mass is 481 g/mol. The Hall–Kier alpha value is -2.10. The summed E-state index contributed by atoms with van der Waals surface area (Å²) in [4.78, 5) is 14.6. The average molecular weight is 482 g/mol. The van der Waals surface area contributed by atoms with Crippen LogP contribution >= 0.6 is 15.9 Å². The Balaban J connectivity index is 1.74. The van der Waals surface area contributed by atoms with E-state index in [9.17, 15) is 13.2 Å². The molecule has 7 nitrogen and oxygen atoms in total. The molecule has 1 fully saturated rings. The summed E-state index contributed by atoms with van der Waals surface area (Å²) in [5, 5.41) is 2.84. The van der Waals surface area contributed by atoms with E-state index in [0.29, 0.717) is 18.3 Å². The van der Waals surface area contributed by atoms with Gasteiger partial charge in [0.25, 0.3) is 15.9 Å². The maximum absolute atomic E-state index is 12.9. The highest BCUT2D eigenvalue weighted by atomic mass is 79.9. The van der Waals surface area contributed by atoms with Crippen LogP contribution in [0, 0.1) is 0 Å². The van der Waals surface area contributed by atoms with Crippen molar-refractivity contribution in [1.82, 2.24) is 10.2 Å². The van der Waals surface area contributed by atoms with Crippen LogP contribution in [0.5, 0.6) is 5.75 Å². The molecule has 156 valence electrons. The van der Waals surface area contributed by atoms with E-state index in [1.807, 2.05) is 7.05 Å². The molecule has 0 atom stereocenters. The van der Waals surface area contributed by atoms with E-state index in [1.54, 1.807) is 30.3 Å². The van der Waals surface area contributed by atoms with Crippen molar-refractivity contribution in [3.8, 4) is 5.75 Å². The smallest absolute Gasteiger partial charge is 0.265 e. The van der Waals surface area contributed by atoms with Gasteiger partial charge in [-0.05, 0) is 62.4 Å². The molecule has 0 bridgehead atoms. The summed E-state index contributed by atoms with van der Waals surface area (Å²) in [7, 11) is -0.513. The number of hydrogen-bond acceptors (Lipinski definition) is 5. The zero-order valence-electron chi connectivity index (χ0n) is 16.3. The Labute approximate surface area is 179 Å².